The predicted molar refractivity (Wildman–Crippen MR) is 128 cm³/mol. The van der Waals surface area contributed by atoms with Gasteiger partial charge in [-0.25, -0.2) is 4.98 Å². The number of benzene rings is 1. The zero-order valence-corrected chi connectivity index (χ0v) is 19.6. The topological polar surface area (TPSA) is 35.5 Å². The van der Waals surface area contributed by atoms with Gasteiger partial charge in [-0.05, 0) is 49.7 Å². The molecule has 180 valence electrons. The van der Waals surface area contributed by atoms with E-state index in [1.807, 2.05) is 17.2 Å². The summed E-state index contributed by atoms with van der Waals surface area (Å²) in [5.41, 5.74) is 1.54. The molecule has 2 aliphatic rings. The third kappa shape index (κ3) is 4.99. The van der Waals surface area contributed by atoms with Crippen molar-refractivity contribution in [2.45, 2.75) is 31.6 Å². The molecular formula is C25H27ClF3N5. The quantitative estimate of drug-likeness (QED) is 0.510. The van der Waals surface area contributed by atoms with Crippen LogP contribution >= 0.6 is 11.6 Å². The lowest BCUT2D eigenvalue weighted by molar-refractivity contribution is -0.137. The first-order valence-electron chi connectivity index (χ1n) is 11.7. The number of piperazine rings is 1. The van der Waals surface area contributed by atoms with Gasteiger partial charge in [0.05, 0.1) is 16.1 Å². The highest BCUT2D eigenvalue weighted by molar-refractivity contribution is 6.33. The van der Waals surface area contributed by atoms with E-state index < -0.39 is 11.7 Å². The molecule has 0 atom stereocenters. The highest BCUT2D eigenvalue weighted by Gasteiger charge is 2.33. The number of likely N-dealkylation sites (tertiary alicyclic amines) is 1. The summed E-state index contributed by atoms with van der Waals surface area (Å²) >= 11 is 6.15. The Hall–Kier alpha value is -2.42. The Bertz CT molecular complexity index is 1130. The Balaban J connectivity index is 1.14. The molecule has 2 aliphatic heterocycles. The summed E-state index contributed by atoms with van der Waals surface area (Å²) in [6.45, 7) is 6.17. The molecule has 0 saturated carbocycles. The Morgan fingerprint density at radius 2 is 1.68 bits per heavy atom. The minimum Gasteiger partial charge on any atom is -0.353 e. The normalized spacial score (nSPS) is 19.1. The molecule has 9 heteroatoms. The molecule has 0 N–H and O–H groups in total. The third-order valence-corrected chi connectivity index (χ3v) is 7.25. The van der Waals surface area contributed by atoms with Crippen LogP contribution in [0, 0.1) is 0 Å². The average Bonchev–Trinajstić information content (AvgIpc) is 2.84. The van der Waals surface area contributed by atoms with Crippen molar-refractivity contribution in [3.63, 3.8) is 0 Å². The minimum absolute atomic E-state index is 0.0558. The highest BCUT2D eigenvalue weighted by atomic mass is 35.5. The summed E-state index contributed by atoms with van der Waals surface area (Å²) < 4.78 is 38.7. The van der Waals surface area contributed by atoms with Crippen LogP contribution in [0.1, 0.15) is 24.0 Å². The van der Waals surface area contributed by atoms with Crippen LogP contribution in [0.5, 0.6) is 0 Å². The average molecular weight is 490 g/mol. The number of pyridine rings is 2. The van der Waals surface area contributed by atoms with Gasteiger partial charge in [-0.1, -0.05) is 29.8 Å². The number of fused-ring (bicyclic) bond motifs is 1. The van der Waals surface area contributed by atoms with Gasteiger partial charge < -0.3 is 4.90 Å². The summed E-state index contributed by atoms with van der Waals surface area (Å²) in [5.74, 6) is 0.439. The number of rotatable bonds is 4. The van der Waals surface area contributed by atoms with Gasteiger partial charge in [0.2, 0.25) is 0 Å². The van der Waals surface area contributed by atoms with Crippen LogP contribution in [-0.2, 0) is 12.7 Å². The number of hydrogen-bond acceptors (Lipinski definition) is 5. The Kier molecular flexibility index (Phi) is 6.64. The van der Waals surface area contributed by atoms with Gasteiger partial charge in [-0.2, -0.15) is 13.2 Å². The number of nitrogens with zero attached hydrogens (tertiary/aromatic N) is 5. The van der Waals surface area contributed by atoms with E-state index in [2.05, 4.69) is 44.0 Å². The molecule has 0 spiro atoms. The van der Waals surface area contributed by atoms with Crippen molar-refractivity contribution in [1.29, 1.82) is 0 Å². The van der Waals surface area contributed by atoms with Crippen molar-refractivity contribution in [2.24, 2.45) is 0 Å². The van der Waals surface area contributed by atoms with Crippen molar-refractivity contribution in [2.75, 3.05) is 44.2 Å². The van der Waals surface area contributed by atoms with Crippen molar-refractivity contribution in [3.05, 3.63) is 64.9 Å². The van der Waals surface area contributed by atoms with E-state index in [0.29, 0.717) is 24.9 Å². The molecule has 2 fully saturated rings. The zero-order chi connectivity index (χ0) is 23.7. The van der Waals surface area contributed by atoms with Gasteiger partial charge >= 0.3 is 6.18 Å². The van der Waals surface area contributed by atoms with Gasteiger partial charge in [-0.3, -0.25) is 14.8 Å². The van der Waals surface area contributed by atoms with Crippen LogP contribution in [0.2, 0.25) is 5.02 Å². The van der Waals surface area contributed by atoms with Crippen molar-refractivity contribution < 1.29 is 13.2 Å². The fraction of sp³-hybridized carbons (Fsp3) is 0.440. The van der Waals surface area contributed by atoms with Crippen LogP contribution in [0.3, 0.4) is 0 Å². The van der Waals surface area contributed by atoms with Crippen molar-refractivity contribution in [1.82, 2.24) is 19.8 Å². The van der Waals surface area contributed by atoms with E-state index in [1.54, 1.807) is 0 Å². The van der Waals surface area contributed by atoms with E-state index in [-0.39, 0.29) is 5.02 Å². The minimum atomic E-state index is -4.44. The molecule has 1 aromatic carbocycles. The number of aromatic nitrogens is 2. The number of hydrogen-bond donors (Lipinski definition) is 0. The fourth-order valence-electron chi connectivity index (χ4n) is 5.09. The first-order chi connectivity index (χ1) is 16.4. The van der Waals surface area contributed by atoms with Crippen molar-refractivity contribution in [3.8, 4) is 0 Å². The summed E-state index contributed by atoms with van der Waals surface area (Å²) in [5, 5.41) is 1.28. The zero-order valence-electron chi connectivity index (χ0n) is 18.8. The first kappa shape index (κ1) is 23.3. The second-order valence-electron chi connectivity index (χ2n) is 9.04. The van der Waals surface area contributed by atoms with E-state index in [1.165, 1.54) is 10.9 Å². The molecule has 34 heavy (non-hydrogen) atoms. The molecule has 0 radical (unpaired) electrons. The molecule has 0 aliphatic carbocycles. The molecule has 3 aromatic rings. The van der Waals surface area contributed by atoms with Gasteiger partial charge in [0.25, 0.3) is 0 Å². The maximum Gasteiger partial charge on any atom is 0.417 e. The molecule has 4 heterocycles. The smallest absolute Gasteiger partial charge is 0.353 e. The van der Waals surface area contributed by atoms with E-state index in [4.69, 9.17) is 11.6 Å². The molecule has 5 rings (SSSR count). The number of halogens is 4. The van der Waals surface area contributed by atoms with E-state index >= 15 is 0 Å². The Morgan fingerprint density at radius 3 is 2.38 bits per heavy atom. The largest absolute Gasteiger partial charge is 0.417 e. The van der Waals surface area contributed by atoms with Crippen molar-refractivity contribution >= 4 is 28.3 Å². The summed E-state index contributed by atoms with van der Waals surface area (Å²) in [7, 11) is 0. The number of anilines is 1. The van der Waals surface area contributed by atoms with Crippen LogP contribution in [-0.4, -0.2) is 65.1 Å². The first-order valence-corrected chi connectivity index (χ1v) is 12.0. The standard InChI is InChI=1S/C25H27ClF3N5/c26-22-15-19(25(27,28)29)16-31-24(22)34-13-11-33(12-14-34)20-6-9-32(10-7-20)17-18-5-8-30-23-4-2-1-3-21(18)23/h1-5,8,15-16,20H,6-7,9-14,17H2. The highest BCUT2D eigenvalue weighted by Crippen LogP contribution is 2.34. The van der Waals surface area contributed by atoms with Gasteiger partial charge in [0.1, 0.15) is 5.82 Å². The summed E-state index contributed by atoms with van der Waals surface area (Å²) in [6, 6.07) is 11.9. The van der Waals surface area contributed by atoms with Crippen LogP contribution in [0.15, 0.2) is 48.8 Å². The molecule has 0 amide bonds. The number of piperidine rings is 1. The Morgan fingerprint density at radius 1 is 0.941 bits per heavy atom. The third-order valence-electron chi connectivity index (χ3n) is 6.97. The van der Waals surface area contributed by atoms with E-state index in [0.717, 1.165) is 63.3 Å². The van der Waals surface area contributed by atoms with Gasteiger partial charge in [-0.15, -0.1) is 0 Å². The van der Waals surface area contributed by atoms with E-state index in [9.17, 15) is 13.2 Å². The molecule has 0 unspecified atom stereocenters. The lowest BCUT2D eigenvalue weighted by Crippen LogP contribution is -2.53. The summed E-state index contributed by atoms with van der Waals surface area (Å²) in [4.78, 5) is 15.5. The number of alkyl halides is 3. The fourth-order valence-corrected chi connectivity index (χ4v) is 5.38. The maximum atomic E-state index is 12.9. The molecule has 2 saturated heterocycles. The maximum absolute atomic E-state index is 12.9. The molecule has 2 aromatic heterocycles. The number of para-hydroxylation sites is 1. The second-order valence-corrected chi connectivity index (χ2v) is 9.45. The van der Waals surface area contributed by atoms with Crippen LogP contribution < -0.4 is 4.90 Å². The molecular weight excluding hydrogens is 463 g/mol. The lowest BCUT2D eigenvalue weighted by atomic mass is 10.0. The van der Waals surface area contributed by atoms with Gasteiger partial charge in [0.15, 0.2) is 0 Å². The predicted octanol–water partition coefficient (Wildman–Crippen LogP) is 5.09. The molecule has 0 bridgehead atoms. The Labute approximate surface area is 202 Å². The monoisotopic (exact) mass is 489 g/mol. The summed E-state index contributed by atoms with van der Waals surface area (Å²) in [6.07, 6.45) is 0.550. The van der Waals surface area contributed by atoms with Gasteiger partial charge in [0, 0.05) is 56.5 Å². The molecule has 5 nitrogen and oxygen atoms in total. The second kappa shape index (κ2) is 9.68. The lowest BCUT2D eigenvalue weighted by Gasteiger charge is -2.43. The van der Waals surface area contributed by atoms with Crippen LogP contribution in [0.4, 0.5) is 19.0 Å². The van der Waals surface area contributed by atoms with Crippen LogP contribution in [0.25, 0.3) is 10.9 Å². The SMILES string of the molecule is FC(F)(F)c1cnc(N2CCN(C3CCN(Cc4ccnc5ccccc45)CC3)CC2)c(Cl)c1.